The Balaban J connectivity index is 3.87. The molecule has 96 valence electrons. The predicted molar refractivity (Wildman–Crippen MR) is 63.0 cm³/mol. The number of nitrogens with one attached hydrogen (secondary N) is 1. The van der Waals surface area contributed by atoms with E-state index in [0.717, 1.165) is 13.0 Å². The lowest BCUT2D eigenvalue weighted by atomic mass is 10.2. The third-order valence-electron chi connectivity index (χ3n) is 2.21. The number of ether oxygens (including phenoxy) is 1. The standard InChI is InChI=1S/C10H21NO4S/c1-4-11-9(2)6-5-7-16(13,14)8-10(12)15-3/h9,11H,4-8H2,1-3H3. The van der Waals surface area contributed by atoms with Crippen LogP contribution in [0.3, 0.4) is 0 Å². The van der Waals surface area contributed by atoms with Crippen molar-refractivity contribution in [1.82, 2.24) is 5.32 Å². The summed E-state index contributed by atoms with van der Waals surface area (Å²) < 4.78 is 27.2. The van der Waals surface area contributed by atoms with E-state index in [2.05, 4.69) is 10.1 Å². The maximum Gasteiger partial charge on any atom is 0.320 e. The first kappa shape index (κ1) is 15.4. The van der Waals surface area contributed by atoms with Gasteiger partial charge in [0.05, 0.1) is 12.9 Å². The number of sulfone groups is 1. The SMILES string of the molecule is CCNC(C)CCCS(=O)(=O)CC(=O)OC. The fraction of sp³-hybridized carbons (Fsp3) is 0.900. The fourth-order valence-corrected chi connectivity index (χ4v) is 2.60. The van der Waals surface area contributed by atoms with Crippen LogP contribution < -0.4 is 5.32 Å². The molecule has 0 amide bonds. The van der Waals surface area contributed by atoms with E-state index in [0.29, 0.717) is 12.5 Å². The first-order valence-corrected chi connectivity index (χ1v) is 7.24. The normalized spacial score (nSPS) is 13.4. The van der Waals surface area contributed by atoms with E-state index >= 15 is 0 Å². The Hall–Kier alpha value is -0.620. The highest BCUT2D eigenvalue weighted by Gasteiger charge is 2.16. The van der Waals surface area contributed by atoms with Crippen LogP contribution in [0.4, 0.5) is 0 Å². The third-order valence-corrected chi connectivity index (χ3v) is 3.80. The summed E-state index contributed by atoms with van der Waals surface area (Å²) in [5, 5.41) is 3.20. The van der Waals surface area contributed by atoms with Crippen molar-refractivity contribution in [2.75, 3.05) is 25.2 Å². The number of hydrogen-bond acceptors (Lipinski definition) is 5. The van der Waals surface area contributed by atoms with Gasteiger partial charge in [0.1, 0.15) is 5.75 Å². The zero-order valence-electron chi connectivity index (χ0n) is 10.2. The average molecular weight is 251 g/mol. The van der Waals surface area contributed by atoms with Gasteiger partial charge in [0.2, 0.25) is 0 Å². The van der Waals surface area contributed by atoms with Crippen molar-refractivity contribution in [2.45, 2.75) is 32.7 Å². The molecular weight excluding hydrogens is 230 g/mol. The molecule has 0 aliphatic rings. The molecule has 1 N–H and O–H groups in total. The van der Waals surface area contributed by atoms with Gasteiger partial charge >= 0.3 is 5.97 Å². The maximum atomic E-state index is 11.4. The zero-order valence-corrected chi connectivity index (χ0v) is 11.0. The largest absolute Gasteiger partial charge is 0.468 e. The first-order chi connectivity index (χ1) is 7.41. The van der Waals surface area contributed by atoms with Gasteiger partial charge in [-0.25, -0.2) is 8.42 Å². The molecule has 0 radical (unpaired) electrons. The van der Waals surface area contributed by atoms with Crippen molar-refractivity contribution in [2.24, 2.45) is 0 Å². The van der Waals surface area contributed by atoms with Gasteiger partial charge in [-0.2, -0.15) is 0 Å². The summed E-state index contributed by atoms with van der Waals surface area (Å²) >= 11 is 0. The number of esters is 1. The molecule has 1 unspecified atom stereocenters. The van der Waals surface area contributed by atoms with E-state index in [4.69, 9.17) is 0 Å². The smallest absolute Gasteiger partial charge is 0.320 e. The molecule has 0 spiro atoms. The minimum Gasteiger partial charge on any atom is -0.468 e. The van der Waals surface area contributed by atoms with Crippen LogP contribution in [0, 0.1) is 0 Å². The Kier molecular flexibility index (Phi) is 7.33. The van der Waals surface area contributed by atoms with Crippen LogP contribution in [0.1, 0.15) is 26.7 Å². The van der Waals surface area contributed by atoms with Crippen molar-refractivity contribution < 1.29 is 17.9 Å². The van der Waals surface area contributed by atoms with E-state index < -0.39 is 21.6 Å². The second-order valence-electron chi connectivity index (χ2n) is 3.77. The van der Waals surface area contributed by atoms with Crippen LogP contribution >= 0.6 is 0 Å². The summed E-state index contributed by atoms with van der Waals surface area (Å²) in [5.74, 6) is -1.17. The third kappa shape index (κ3) is 7.64. The fourth-order valence-electron chi connectivity index (χ4n) is 1.37. The molecule has 0 saturated heterocycles. The van der Waals surface area contributed by atoms with E-state index in [1.807, 2.05) is 13.8 Å². The molecule has 0 fully saturated rings. The predicted octanol–water partition coefficient (Wildman–Crippen LogP) is 0.352. The number of carbonyl (C=O) groups excluding carboxylic acids is 1. The van der Waals surface area contributed by atoms with Crippen molar-refractivity contribution >= 4 is 15.8 Å². The van der Waals surface area contributed by atoms with Crippen LogP contribution in [0.5, 0.6) is 0 Å². The van der Waals surface area contributed by atoms with Gasteiger partial charge in [0, 0.05) is 6.04 Å². The number of methoxy groups -OCH3 is 1. The van der Waals surface area contributed by atoms with E-state index in [1.54, 1.807) is 0 Å². The Morgan fingerprint density at radius 2 is 2.06 bits per heavy atom. The molecule has 16 heavy (non-hydrogen) atoms. The zero-order chi connectivity index (χ0) is 12.6. The molecule has 0 heterocycles. The van der Waals surface area contributed by atoms with Crippen molar-refractivity contribution in [3.63, 3.8) is 0 Å². The summed E-state index contributed by atoms with van der Waals surface area (Å²) in [5.41, 5.74) is 0. The minimum atomic E-state index is -3.31. The lowest BCUT2D eigenvalue weighted by Crippen LogP contribution is -2.26. The molecule has 0 aromatic rings. The highest BCUT2D eigenvalue weighted by molar-refractivity contribution is 7.92. The molecule has 0 aliphatic carbocycles. The summed E-state index contributed by atoms with van der Waals surface area (Å²) in [6.45, 7) is 4.89. The Morgan fingerprint density at radius 1 is 1.44 bits per heavy atom. The summed E-state index contributed by atoms with van der Waals surface area (Å²) in [4.78, 5) is 10.8. The molecule has 0 aromatic carbocycles. The van der Waals surface area contributed by atoms with Crippen LogP contribution in [0.2, 0.25) is 0 Å². The van der Waals surface area contributed by atoms with Gasteiger partial charge < -0.3 is 10.1 Å². The Morgan fingerprint density at radius 3 is 2.56 bits per heavy atom. The van der Waals surface area contributed by atoms with Gasteiger partial charge in [0.15, 0.2) is 9.84 Å². The quantitative estimate of drug-likeness (QED) is 0.630. The first-order valence-electron chi connectivity index (χ1n) is 5.42. The number of hydrogen-bond donors (Lipinski definition) is 1. The minimum absolute atomic E-state index is 0.0395. The number of rotatable bonds is 8. The van der Waals surface area contributed by atoms with Crippen molar-refractivity contribution in [3.8, 4) is 0 Å². The monoisotopic (exact) mass is 251 g/mol. The highest BCUT2D eigenvalue weighted by Crippen LogP contribution is 2.01. The van der Waals surface area contributed by atoms with Gasteiger partial charge in [-0.05, 0) is 26.3 Å². The van der Waals surface area contributed by atoms with Crippen LogP contribution in [0.15, 0.2) is 0 Å². The topological polar surface area (TPSA) is 72.5 Å². The van der Waals surface area contributed by atoms with E-state index in [1.165, 1.54) is 7.11 Å². The highest BCUT2D eigenvalue weighted by atomic mass is 32.2. The average Bonchev–Trinajstić information content (AvgIpc) is 2.16. The van der Waals surface area contributed by atoms with Crippen LogP contribution in [-0.4, -0.2) is 45.6 Å². The van der Waals surface area contributed by atoms with Crippen molar-refractivity contribution in [1.29, 1.82) is 0 Å². The maximum absolute atomic E-state index is 11.4. The Labute approximate surface area is 97.5 Å². The van der Waals surface area contributed by atoms with Crippen LogP contribution in [-0.2, 0) is 19.4 Å². The molecule has 0 bridgehead atoms. The molecule has 0 aromatic heterocycles. The molecular formula is C10H21NO4S. The second-order valence-corrected chi connectivity index (χ2v) is 5.95. The molecule has 0 saturated carbocycles. The van der Waals surface area contributed by atoms with Gasteiger partial charge in [-0.15, -0.1) is 0 Å². The Bertz CT molecular complexity index is 300. The second kappa shape index (κ2) is 7.62. The summed E-state index contributed by atoms with van der Waals surface area (Å²) in [7, 11) is -2.12. The van der Waals surface area contributed by atoms with Crippen molar-refractivity contribution in [3.05, 3.63) is 0 Å². The summed E-state index contributed by atoms with van der Waals surface area (Å²) in [6.07, 6.45) is 1.35. The van der Waals surface area contributed by atoms with Gasteiger partial charge in [-0.1, -0.05) is 6.92 Å². The molecule has 5 nitrogen and oxygen atoms in total. The summed E-state index contributed by atoms with van der Waals surface area (Å²) in [6, 6.07) is 0.304. The van der Waals surface area contributed by atoms with Crippen LogP contribution in [0.25, 0.3) is 0 Å². The van der Waals surface area contributed by atoms with Gasteiger partial charge in [-0.3, -0.25) is 4.79 Å². The molecule has 1 atom stereocenters. The van der Waals surface area contributed by atoms with E-state index in [9.17, 15) is 13.2 Å². The van der Waals surface area contributed by atoms with Gasteiger partial charge in [0.25, 0.3) is 0 Å². The van der Waals surface area contributed by atoms with E-state index in [-0.39, 0.29) is 5.75 Å². The lowest BCUT2D eigenvalue weighted by Gasteiger charge is -2.11. The lowest BCUT2D eigenvalue weighted by molar-refractivity contribution is -0.137. The molecule has 6 heteroatoms. The molecule has 0 rings (SSSR count). The number of carbonyl (C=O) groups is 1. The molecule has 0 aliphatic heterocycles.